The number of hydrogen-bond donors (Lipinski definition) is 2. The summed E-state index contributed by atoms with van der Waals surface area (Å²) in [6, 6.07) is 5.93. The van der Waals surface area contributed by atoms with Gasteiger partial charge in [-0.1, -0.05) is 13.0 Å². The van der Waals surface area contributed by atoms with Crippen molar-refractivity contribution >= 4 is 17.7 Å². The van der Waals surface area contributed by atoms with Gasteiger partial charge in [0.15, 0.2) is 0 Å². The largest absolute Gasteiger partial charge is 0.366 e. The van der Waals surface area contributed by atoms with E-state index in [2.05, 4.69) is 12.0 Å². The Kier molecular flexibility index (Phi) is 4.24. The van der Waals surface area contributed by atoms with Crippen molar-refractivity contribution in [3.05, 3.63) is 41.7 Å². The van der Waals surface area contributed by atoms with Crippen LogP contribution in [-0.4, -0.2) is 21.4 Å². The Hall–Kier alpha value is -1.79. The summed E-state index contributed by atoms with van der Waals surface area (Å²) < 4.78 is 1.64. The zero-order valence-corrected chi connectivity index (χ0v) is 11.5. The molecule has 0 unspecified atom stereocenters. The molecule has 0 spiro atoms. The number of rotatable bonds is 5. The predicted octanol–water partition coefficient (Wildman–Crippen LogP) is 1.54. The maximum atomic E-state index is 11.1. The zero-order valence-electron chi connectivity index (χ0n) is 10.7. The highest BCUT2D eigenvalue weighted by atomic mass is 32.2. The van der Waals surface area contributed by atoms with Crippen LogP contribution in [0.25, 0.3) is 5.69 Å². The summed E-state index contributed by atoms with van der Waals surface area (Å²) in [5, 5.41) is 4.17. The van der Waals surface area contributed by atoms with Crippen LogP contribution in [0.5, 0.6) is 0 Å². The van der Waals surface area contributed by atoms with Gasteiger partial charge in [-0.15, -0.1) is 11.8 Å². The van der Waals surface area contributed by atoms with E-state index in [1.807, 2.05) is 18.2 Å². The van der Waals surface area contributed by atoms with Gasteiger partial charge in [0.1, 0.15) is 0 Å². The standard InChI is InChI=1S/C13H16N4OS/c1-2-19-12-5-3-4-11(10(12)6-14)17-8-9(7-16-17)13(15)18/h3-5,7-8H,2,6,14H2,1H3,(H2,15,18). The maximum Gasteiger partial charge on any atom is 0.251 e. The van der Waals surface area contributed by atoms with Crippen molar-refractivity contribution < 1.29 is 4.79 Å². The van der Waals surface area contributed by atoms with Crippen LogP contribution < -0.4 is 11.5 Å². The molecule has 19 heavy (non-hydrogen) atoms. The second-order valence-electron chi connectivity index (χ2n) is 3.93. The third-order valence-corrected chi connectivity index (χ3v) is 3.71. The van der Waals surface area contributed by atoms with Gasteiger partial charge in [-0.05, 0) is 17.9 Å². The minimum atomic E-state index is -0.486. The molecule has 0 aliphatic heterocycles. The lowest BCUT2D eigenvalue weighted by molar-refractivity contribution is 0.100. The van der Waals surface area contributed by atoms with Crippen molar-refractivity contribution in [2.24, 2.45) is 11.5 Å². The molecule has 0 fully saturated rings. The molecule has 1 heterocycles. The molecule has 0 aliphatic rings. The number of nitrogens with zero attached hydrogens (tertiary/aromatic N) is 2. The van der Waals surface area contributed by atoms with E-state index in [0.29, 0.717) is 12.1 Å². The Bertz CT molecular complexity index is 594. The Labute approximate surface area is 116 Å². The Balaban J connectivity index is 2.48. The van der Waals surface area contributed by atoms with Crippen LogP contribution in [0.1, 0.15) is 22.8 Å². The number of thioether (sulfide) groups is 1. The quantitative estimate of drug-likeness (QED) is 0.811. The van der Waals surface area contributed by atoms with Gasteiger partial charge in [-0.3, -0.25) is 4.79 Å². The van der Waals surface area contributed by atoms with E-state index in [9.17, 15) is 4.79 Å². The van der Waals surface area contributed by atoms with Gasteiger partial charge >= 0.3 is 0 Å². The van der Waals surface area contributed by atoms with Gasteiger partial charge in [0.2, 0.25) is 0 Å². The average Bonchev–Trinajstić information content (AvgIpc) is 2.88. The Morgan fingerprint density at radius 2 is 2.26 bits per heavy atom. The number of primary amides is 1. The molecule has 0 bridgehead atoms. The van der Waals surface area contributed by atoms with Crippen LogP contribution in [0.2, 0.25) is 0 Å². The highest BCUT2D eigenvalue weighted by Crippen LogP contribution is 2.27. The molecule has 2 aromatic rings. The predicted molar refractivity (Wildman–Crippen MR) is 76.4 cm³/mol. The second-order valence-corrected chi connectivity index (χ2v) is 5.23. The smallest absolute Gasteiger partial charge is 0.251 e. The Morgan fingerprint density at radius 3 is 2.84 bits per heavy atom. The van der Waals surface area contributed by atoms with Crippen molar-refractivity contribution in [1.82, 2.24) is 9.78 Å². The first kappa shape index (κ1) is 13.6. The first-order chi connectivity index (χ1) is 9.17. The SMILES string of the molecule is CCSc1cccc(-n2cc(C(N)=O)cn2)c1CN. The fourth-order valence-corrected chi connectivity index (χ4v) is 2.69. The molecule has 100 valence electrons. The number of nitrogens with two attached hydrogens (primary N) is 2. The highest BCUT2D eigenvalue weighted by Gasteiger charge is 2.11. The van der Waals surface area contributed by atoms with Crippen molar-refractivity contribution in [3.8, 4) is 5.69 Å². The molecule has 6 heteroatoms. The maximum absolute atomic E-state index is 11.1. The molecule has 0 saturated heterocycles. The van der Waals surface area contributed by atoms with Gasteiger partial charge in [0.25, 0.3) is 5.91 Å². The molecule has 0 radical (unpaired) electrons. The molecule has 1 aromatic carbocycles. The molecule has 4 N–H and O–H groups in total. The summed E-state index contributed by atoms with van der Waals surface area (Å²) in [4.78, 5) is 12.2. The van der Waals surface area contributed by atoms with Gasteiger partial charge in [0, 0.05) is 23.2 Å². The fourth-order valence-electron chi connectivity index (χ4n) is 1.85. The summed E-state index contributed by atoms with van der Waals surface area (Å²) >= 11 is 1.74. The molecule has 1 aromatic heterocycles. The van der Waals surface area contributed by atoms with E-state index in [-0.39, 0.29) is 0 Å². The van der Waals surface area contributed by atoms with E-state index in [4.69, 9.17) is 11.5 Å². The number of hydrogen-bond acceptors (Lipinski definition) is 4. The molecule has 2 rings (SSSR count). The third kappa shape index (κ3) is 2.80. The van der Waals surface area contributed by atoms with E-state index in [1.54, 1.807) is 22.6 Å². The van der Waals surface area contributed by atoms with Crippen LogP contribution in [0.15, 0.2) is 35.5 Å². The molecular formula is C13H16N4OS. The number of aromatic nitrogens is 2. The minimum absolute atomic E-state index is 0.386. The summed E-state index contributed by atoms with van der Waals surface area (Å²) in [6.45, 7) is 2.51. The lowest BCUT2D eigenvalue weighted by Crippen LogP contribution is -2.10. The van der Waals surface area contributed by atoms with Crippen LogP contribution >= 0.6 is 11.8 Å². The highest BCUT2D eigenvalue weighted by molar-refractivity contribution is 7.99. The topological polar surface area (TPSA) is 86.9 Å². The Morgan fingerprint density at radius 1 is 1.47 bits per heavy atom. The third-order valence-electron chi connectivity index (χ3n) is 2.73. The fraction of sp³-hybridized carbons (Fsp3) is 0.231. The first-order valence-corrected chi connectivity index (χ1v) is 6.95. The van der Waals surface area contributed by atoms with Crippen LogP contribution in [-0.2, 0) is 6.54 Å². The molecule has 0 atom stereocenters. The summed E-state index contributed by atoms with van der Waals surface area (Å²) in [7, 11) is 0. The van der Waals surface area contributed by atoms with E-state index in [0.717, 1.165) is 21.9 Å². The van der Waals surface area contributed by atoms with Gasteiger partial charge in [0.05, 0.1) is 17.4 Å². The normalized spacial score (nSPS) is 10.6. The molecule has 0 saturated carbocycles. The molecule has 0 aliphatic carbocycles. The van der Waals surface area contributed by atoms with Gasteiger partial charge in [-0.2, -0.15) is 5.10 Å². The van der Waals surface area contributed by atoms with Crippen molar-refractivity contribution in [2.75, 3.05) is 5.75 Å². The second kappa shape index (κ2) is 5.90. The summed E-state index contributed by atoms with van der Waals surface area (Å²) in [6.07, 6.45) is 3.08. The van der Waals surface area contributed by atoms with Crippen molar-refractivity contribution in [3.63, 3.8) is 0 Å². The van der Waals surface area contributed by atoms with Gasteiger partial charge in [-0.25, -0.2) is 4.68 Å². The van der Waals surface area contributed by atoms with E-state index in [1.165, 1.54) is 6.20 Å². The lowest BCUT2D eigenvalue weighted by atomic mass is 10.2. The average molecular weight is 276 g/mol. The number of carbonyl (C=O) groups is 1. The van der Waals surface area contributed by atoms with Gasteiger partial charge < -0.3 is 11.5 Å². The van der Waals surface area contributed by atoms with Crippen LogP contribution in [0, 0.1) is 0 Å². The minimum Gasteiger partial charge on any atom is -0.366 e. The lowest BCUT2D eigenvalue weighted by Gasteiger charge is -2.12. The first-order valence-electron chi connectivity index (χ1n) is 5.97. The van der Waals surface area contributed by atoms with Crippen molar-refractivity contribution in [1.29, 1.82) is 0 Å². The summed E-state index contributed by atoms with van der Waals surface area (Å²) in [5.41, 5.74) is 13.4. The monoisotopic (exact) mass is 276 g/mol. The van der Waals surface area contributed by atoms with E-state index >= 15 is 0 Å². The number of benzene rings is 1. The number of amides is 1. The molecule has 5 nitrogen and oxygen atoms in total. The molecule has 1 amide bonds. The molecular weight excluding hydrogens is 260 g/mol. The van der Waals surface area contributed by atoms with E-state index < -0.39 is 5.91 Å². The van der Waals surface area contributed by atoms with Crippen LogP contribution in [0.4, 0.5) is 0 Å². The van der Waals surface area contributed by atoms with Crippen LogP contribution in [0.3, 0.4) is 0 Å². The summed E-state index contributed by atoms with van der Waals surface area (Å²) in [5.74, 6) is 0.488. The number of carbonyl (C=O) groups excluding carboxylic acids is 1. The van der Waals surface area contributed by atoms with Crippen molar-refractivity contribution in [2.45, 2.75) is 18.4 Å². The zero-order chi connectivity index (χ0) is 13.8.